The summed E-state index contributed by atoms with van der Waals surface area (Å²) in [5.74, 6) is 1.66. The third-order valence-electron chi connectivity index (χ3n) is 4.21. The molecule has 0 aliphatic carbocycles. The molecule has 0 spiro atoms. The summed E-state index contributed by atoms with van der Waals surface area (Å²) in [4.78, 5) is 22.7. The summed E-state index contributed by atoms with van der Waals surface area (Å²) in [5.41, 5.74) is 1.55. The Morgan fingerprint density at radius 1 is 1.48 bits per heavy atom. The summed E-state index contributed by atoms with van der Waals surface area (Å²) in [7, 11) is 1.80. The molecule has 7 nitrogen and oxygen atoms in total. The first-order valence-corrected chi connectivity index (χ1v) is 7.73. The molecule has 1 amide bonds. The smallest absolute Gasteiger partial charge is 0.254 e. The molecule has 1 saturated heterocycles. The zero-order valence-corrected chi connectivity index (χ0v) is 13.6. The minimum absolute atomic E-state index is 0.0229. The van der Waals surface area contributed by atoms with E-state index in [0.717, 1.165) is 23.6 Å². The number of likely N-dealkylation sites (N-methyl/N-ethyl adjacent to an activating group) is 1. The van der Waals surface area contributed by atoms with Crippen molar-refractivity contribution in [1.29, 1.82) is 0 Å². The molecule has 1 fully saturated rings. The number of hydrogen-bond acceptors (Lipinski definition) is 5. The number of aryl methyl sites for hydroxylation is 2. The van der Waals surface area contributed by atoms with Crippen molar-refractivity contribution in [3.63, 3.8) is 0 Å². The lowest BCUT2D eigenvalue weighted by atomic mass is 10.00. The van der Waals surface area contributed by atoms with E-state index in [-0.39, 0.29) is 17.9 Å². The molecule has 1 aliphatic rings. The van der Waals surface area contributed by atoms with E-state index in [0.29, 0.717) is 18.7 Å². The predicted molar refractivity (Wildman–Crippen MR) is 84.2 cm³/mol. The van der Waals surface area contributed by atoms with Gasteiger partial charge in [0.15, 0.2) is 5.82 Å². The van der Waals surface area contributed by atoms with Crippen molar-refractivity contribution in [2.45, 2.75) is 32.3 Å². The van der Waals surface area contributed by atoms with Crippen LogP contribution in [0.4, 0.5) is 0 Å². The Morgan fingerprint density at radius 3 is 3.00 bits per heavy atom. The predicted octanol–water partition coefficient (Wildman–Crippen LogP) is 1.46. The van der Waals surface area contributed by atoms with Gasteiger partial charge in [-0.25, -0.2) is 4.98 Å². The maximum Gasteiger partial charge on any atom is 0.254 e. The van der Waals surface area contributed by atoms with Crippen LogP contribution in [0, 0.1) is 13.8 Å². The van der Waals surface area contributed by atoms with E-state index < -0.39 is 0 Å². The molecule has 0 radical (unpaired) electrons. The molecule has 0 bridgehead atoms. The highest BCUT2D eigenvalue weighted by atomic mass is 16.5. The summed E-state index contributed by atoms with van der Waals surface area (Å²) < 4.78 is 5.82. The number of amides is 1. The number of aromatic nitrogens is 4. The number of carbonyl (C=O) groups excluding carboxylic acids is 1. The first kappa shape index (κ1) is 15.6. The second-order valence-corrected chi connectivity index (χ2v) is 5.96. The van der Waals surface area contributed by atoms with Gasteiger partial charge in [-0.05, 0) is 31.9 Å². The van der Waals surface area contributed by atoms with Gasteiger partial charge in [0.05, 0.1) is 12.0 Å². The van der Waals surface area contributed by atoms with Crippen LogP contribution in [0.25, 0.3) is 0 Å². The van der Waals surface area contributed by atoms with Gasteiger partial charge in [0.2, 0.25) is 0 Å². The van der Waals surface area contributed by atoms with E-state index in [4.69, 9.17) is 4.74 Å². The molecule has 1 aliphatic heterocycles. The number of carbonyl (C=O) groups is 1. The number of pyridine rings is 1. The topological polar surface area (TPSA) is 84.0 Å². The molecule has 2 atom stereocenters. The highest BCUT2D eigenvalue weighted by Crippen LogP contribution is 2.29. The van der Waals surface area contributed by atoms with Crippen LogP contribution in [0.5, 0.6) is 0 Å². The molecule has 2 aromatic rings. The van der Waals surface area contributed by atoms with Crippen molar-refractivity contribution in [2.75, 3.05) is 20.2 Å². The lowest BCUT2D eigenvalue weighted by molar-refractivity contribution is 0.0549. The number of H-pyrrole nitrogens is 1. The summed E-state index contributed by atoms with van der Waals surface area (Å²) in [6, 6.07) is 1.75. The van der Waals surface area contributed by atoms with Gasteiger partial charge < -0.3 is 9.64 Å². The average Bonchev–Trinajstić information content (AvgIpc) is 3.15. The number of aromatic amines is 1. The number of ether oxygens (including phenoxy) is 1. The number of nitrogens with zero attached hydrogens (tertiary/aromatic N) is 4. The molecule has 3 rings (SSSR count). The number of hydrogen-bond donors (Lipinski definition) is 1. The summed E-state index contributed by atoms with van der Waals surface area (Å²) >= 11 is 0. The molecule has 7 heteroatoms. The quantitative estimate of drug-likeness (QED) is 0.923. The van der Waals surface area contributed by atoms with E-state index in [1.807, 2.05) is 13.8 Å². The Bertz CT molecular complexity index is 699. The van der Waals surface area contributed by atoms with Crippen LogP contribution in [0.15, 0.2) is 18.5 Å². The van der Waals surface area contributed by atoms with Crippen LogP contribution in [-0.4, -0.2) is 57.3 Å². The summed E-state index contributed by atoms with van der Waals surface area (Å²) in [5, 5.41) is 7.12. The fourth-order valence-corrected chi connectivity index (χ4v) is 2.92. The van der Waals surface area contributed by atoms with Crippen LogP contribution in [0.3, 0.4) is 0 Å². The SMILES string of the molecule is Cc1nc([C@@H]2CCO[C@@H]2CN(C)C(=O)c2ccncc2C)n[nH]1. The van der Waals surface area contributed by atoms with E-state index in [1.165, 1.54) is 0 Å². The molecule has 1 N–H and O–H groups in total. The van der Waals surface area contributed by atoms with Crippen molar-refractivity contribution in [3.05, 3.63) is 41.2 Å². The van der Waals surface area contributed by atoms with Crippen molar-refractivity contribution in [2.24, 2.45) is 0 Å². The van der Waals surface area contributed by atoms with E-state index in [2.05, 4.69) is 20.2 Å². The molecule has 0 aromatic carbocycles. The third kappa shape index (κ3) is 3.24. The summed E-state index contributed by atoms with van der Waals surface area (Å²) in [6.07, 6.45) is 4.13. The van der Waals surface area contributed by atoms with E-state index in [9.17, 15) is 4.79 Å². The molecule has 3 heterocycles. The Balaban J connectivity index is 1.70. The largest absolute Gasteiger partial charge is 0.376 e. The third-order valence-corrected chi connectivity index (χ3v) is 4.21. The zero-order valence-electron chi connectivity index (χ0n) is 13.6. The molecular formula is C16H21N5O2. The Hall–Kier alpha value is -2.28. The maximum absolute atomic E-state index is 12.6. The van der Waals surface area contributed by atoms with E-state index in [1.54, 1.807) is 30.4 Å². The van der Waals surface area contributed by atoms with Gasteiger partial charge in [-0.1, -0.05) is 0 Å². The highest BCUT2D eigenvalue weighted by molar-refractivity contribution is 5.95. The minimum atomic E-state index is -0.0821. The van der Waals surface area contributed by atoms with Gasteiger partial charge in [-0.3, -0.25) is 14.9 Å². The molecular weight excluding hydrogens is 294 g/mol. The van der Waals surface area contributed by atoms with Crippen LogP contribution in [0.1, 0.15) is 39.9 Å². The van der Waals surface area contributed by atoms with Gasteiger partial charge in [0, 0.05) is 38.2 Å². The molecule has 23 heavy (non-hydrogen) atoms. The fourth-order valence-electron chi connectivity index (χ4n) is 2.92. The van der Waals surface area contributed by atoms with Gasteiger partial charge in [0.1, 0.15) is 5.82 Å². The minimum Gasteiger partial charge on any atom is -0.376 e. The Labute approximate surface area is 135 Å². The maximum atomic E-state index is 12.6. The second-order valence-electron chi connectivity index (χ2n) is 5.96. The molecule has 2 aromatic heterocycles. The van der Waals surface area contributed by atoms with Crippen molar-refractivity contribution in [1.82, 2.24) is 25.1 Å². The normalized spacial score (nSPS) is 20.7. The number of nitrogens with one attached hydrogen (secondary N) is 1. The van der Waals surface area contributed by atoms with Gasteiger partial charge in [0.25, 0.3) is 5.91 Å². The summed E-state index contributed by atoms with van der Waals surface area (Å²) in [6.45, 7) is 4.95. The fraction of sp³-hybridized carbons (Fsp3) is 0.500. The first-order chi connectivity index (χ1) is 11.1. The monoisotopic (exact) mass is 315 g/mol. The van der Waals surface area contributed by atoms with Crippen molar-refractivity contribution in [3.8, 4) is 0 Å². The Kier molecular flexibility index (Phi) is 4.38. The van der Waals surface area contributed by atoms with Crippen LogP contribution < -0.4 is 0 Å². The van der Waals surface area contributed by atoms with Crippen LogP contribution in [-0.2, 0) is 4.74 Å². The molecule has 0 saturated carbocycles. The van der Waals surface area contributed by atoms with Gasteiger partial charge in [-0.2, -0.15) is 5.10 Å². The lowest BCUT2D eigenvalue weighted by Crippen LogP contribution is -2.36. The number of rotatable bonds is 4. The average molecular weight is 315 g/mol. The van der Waals surface area contributed by atoms with E-state index >= 15 is 0 Å². The first-order valence-electron chi connectivity index (χ1n) is 7.73. The van der Waals surface area contributed by atoms with Gasteiger partial charge >= 0.3 is 0 Å². The van der Waals surface area contributed by atoms with Gasteiger partial charge in [-0.15, -0.1) is 0 Å². The van der Waals surface area contributed by atoms with Crippen molar-refractivity contribution < 1.29 is 9.53 Å². The molecule has 0 unspecified atom stereocenters. The zero-order chi connectivity index (χ0) is 16.4. The highest BCUT2D eigenvalue weighted by Gasteiger charge is 2.34. The van der Waals surface area contributed by atoms with Crippen LogP contribution >= 0.6 is 0 Å². The standard InChI is InChI=1S/C16H21N5O2/c1-10-8-17-6-4-12(10)16(22)21(3)9-14-13(5-7-23-14)15-18-11(2)19-20-15/h4,6,8,13-14H,5,7,9H2,1-3H3,(H,18,19,20)/t13-,14-/m1/s1. The molecule has 122 valence electrons. The second kappa shape index (κ2) is 6.45. The van der Waals surface area contributed by atoms with Crippen molar-refractivity contribution >= 4 is 5.91 Å². The van der Waals surface area contributed by atoms with Crippen LogP contribution in [0.2, 0.25) is 0 Å². The lowest BCUT2D eigenvalue weighted by Gasteiger charge is -2.24. The Morgan fingerprint density at radius 2 is 2.30 bits per heavy atom.